The highest BCUT2D eigenvalue weighted by Gasteiger charge is 2.46. The first-order valence-electron chi connectivity index (χ1n) is 12.4. The van der Waals surface area contributed by atoms with E-state index in [1.54, 1.807) is 0 Å². The fourth-order valence-electron chi connectivity index (χ4n) is 5.19. The fraction of sp³-hybridized carbons (Fsp3) is 0.385. The standard InChI is InChI=1S/C26H24F5N7O/c1-24(2,28)20-18(27)5-6-19(35-20)38-21-16(22(39)37(38)13-26(29,30)31)11-33-23(36-21)34-15-3-4-17-14(9-15)10-32-12-25(17)7-8-25/h3-6,9,11,32H,7-8,10,12-13H2,1-2H3,(H,33,34,36). The van der Waals surface area contributed by atoms with Crippen molar-refractivity contribution in [2.45, 2.75) is 57.0 Å². The predicted molar refractivity (Wildman–Crippen MR) is 133 cm³/mol. The number of alkyl halides is 4. The van der Waals surface area contributed by atoms with Crippen LogP contribution in [-0.4, -0.2) is 37.0 Å². The minimum atomic E-state index is -4.78. The number of nitrogens with one attached hydrogen (secondary N) is 2. The van der Waals surface area contributed by atoms with Gasteiger partial charge in [-0.3, -0.25) is 4.79 Å². The van der Waals surface area contributed by atoms with Gasteiger partial charge in [-0.05, 0) is 62.1 Å². The average Bonchev–Trinajstić information content (AvgIpc) is 3.57. The number of nitrogens with zero attached hydrogens (tertiary/aromatic N) is 5. The first-order valence-corrected chi connectivity index (χ1v) is 12.4. The molecule has 2 aliphatic rings. The van der Waals surface area contributed by atoms with Gasteiger partial charge in [-0.2, -0.15) is 18.2 Å². The number of pyridine rings is 1. The summed E-state index contributed by atoms with van der Waals surface area (Å²) in [5.74, 6) is -1.24. The minimum Gasteiger partial charge on any atom is -0.324 e. The number of hydrogen-bond acceptors (Lipinski definition) is 6. The molecule has 4 heterocycles. The Labute approximate surface area is 218 Å². The Hall–Kier alpha value is -3.87. The molecule has 8 nitrogen and oxygen atoms in total. The second-order valence-electron chi connectivity index (χ2n) is 10.6. The van der Waals surface area contributed by atoms with E-state index in [1.807, 2.05) is 12.1 Å². The molecule has 1 aliphatic carbocycles. The zero-order valence-corrected chi connectivity index (χ0v) is 21.0. The van der Waals surface area contributed by atoms with Gasteiger partial charge in [-0.15, -0.1) is 0 Å². The van der Waals surface area contributed by atoms with Crippen LogP contribution in [0.3, 0.4) is 0 Å². The van der Waals surface area contributed by atoms with Gasteiger partial charge in [-0.1, -0.05) is 6.07 Å². The Kier molecular flexibility index (Phi) is 5.58. The molecule has 1 saturated carbocycles. The number of halogens is 5. The molecular weight excluding hydrogens is 521 g/mol. The van der Waals surface area contributed by atoms with Crippen molar-refractivity contribution in [2.75, 3.05) is 11.9 Å². The van der Waals surface area contributed by atoms with Gasteiger partial charge in [0.05, 0.1) is 0 Å². The summed E-state index contributed by atoms with van der Waals surface area (Å²) in [7, 11) is 0. The van der Waals surface area contributed by atoms with Crippen LogP contribution in [0.15, 0.2) is 41.3 Å². The molecule has 0 radical (unpaired) electrons. The lowest BCUT2D eigenvalue weighted by atomic mass is 9.88. The zero-order valence-electron chi connectivity index (χ0n) is 21.0. The van der Waals surface area contributed by atoms with Crippen molar-refractivity contribution >= 4 is 22.7 Å². The number of fused-ring (bicyclic) bond motifs is 3. The summed E-state index contributed by atoms with van der Waals surface area (Å²) in [6.07, 6.45) is -1.39. The van der Waals surface area contributed by atoms with E-state index in [-0.39, 0.29) is 28.2 Å². The first-order chi connectivity index (χ1) is 18.3. The molecule has 1 aliphatic heterocycles. The highest BCUT2D eigenvalue weighted by atomic mass is 19.4. The molecule has 39 heavy (non-hydrogen) atoms. The number of benzene rings is 1. The zero-order chi connectivity index (χ0) is 27.7. The normalized spacial score (nSPS) is 16.5. The molecule has 6 rings (SSSR count). The Morgan fingerprint density at radius 2 is 1.87 bits per heavy atom. The quantitative estimate of drug-likeness (QED) is 0.352. The third-order valence-electron chi connectivity index (χ3n) is 7.18. The number of anilines is 2. The molecule has 3 aromatic heterocycles. The Bertz CT molecular complexity index is 1660. The largest absolute Gasteiger partial charge is 0.408 e. The van der Waals surface area contributed by atoms with Crippen molar-refractivity contribution in [3.8, 4) is 5.82 Å². The lowest BCUT2D eigenvalue weighted by Gasteiger charge is -2.26. The lowest BCUT2D eigenvalue weighted by Crippen LogP contribution is -2.33. The lowest BCUT2D eigenvalue weighted by molar-refractivity contribution is -0.144. The SMILES string of the molecule is CC(C)(F)c1nc(-n2c3nc(Nc4ccc5c(c4)CNCC54CC4)ncc3c(=O)n2CC(F)(F)F)ccc1F. The van der Waals surface area contributed by atoms with Gasteiger partial charge in [0.15, 0.2) is 11.5 Å². The molecule has 1 spiro atoms. The van der Waals surface area contributed by atoms with Crippen molar-refractivity contribution in [1.82, 2.24) is 29.6 Å². The molecule has 0 atom stereocenters. The van der Waals surface area contributed by atoms with E-state index < -0.39 is 35.5 Å². The minimum absolute atomic E-state index is 0.0263. The van der Waals surface area contributed by atoms with Crippen LogP contribution in [0.2, 0.25) is 0 Å². The van der Waals surface area contributed by atoms with Crippen molar-refractivity contribution in [3.63, 3.8) is 0 Å². The van der Waals surface area contributed by atoms with Gasteiger partial charge in [0.1, 0.15) is 29.1 Å². The van der Waals surface area contributed by atoms with Crippen LogP contribution >= 0.6 is 0 Å². The van der Waals surface area contributed by atoms with E-state index in [0.717, 1.165) is 61.8 Å². The van der Waals surface area contributed by atoms with E-state index in [9.17, 15) is 26.7 Å². The van der Waals surface area contributed by atoms with E-state index in [0.29, 0.717) is 16.9 Å². The van der Waals surface area contributed by atoms with Crippen molar-refractivity contribution < 1.29 is 22.0 Å². The van der Waals surface area contributed by atoms with Crippen LogP contribution in [0.5, 0.6) is 0 Å². The molecule has 0 saturated heterocycles. The maximum atomic E-state index is 14.6. The fourth-order valence-corrected chi connectivity index (χ4v) is 5.19. The van der Waals surface area contributed by atoms with Crippen LogP contribution in [0.1, 0.15) is 43.5 Å². The second-order valence-corrected chi connectivity index (χ2v) is 10.6. The van der Waals surface area contributed by atoms with Gasteiger partial charge in [0, 0.05) is 30.4 Å². The first kappa shape index (κ1) is 25.4. The summed E-state index contributed by atoms with van der Waals surface area (Å²) in [5, 5.41) is 6.28. The molecule has 1 aromatic carbocycles. The van der Waals surface area contributed by atoms with Gasteiger partial charge >= 0.3 is 6.18 Å². The van der Waals surface area contributed by atoms with Crippen LogP contribution in [0, 0.1) is 5.82 Å². The summed E-state index contributed by atoms with van der Waals surface area (Å²) < 4.78 is 70.6. The molecule has 0 amide bonds. The molecule has 2 N–H and O–H groups in total. The highest BCUT2D eigenvalue weighted by Crippen LogP contribution is 2.50. The summed E-state index contributed by atoms with van der Waals surface area (Å²) in [6, 6.07) is 7.87. The van der Waals surface area contributed by atoms with E-state index in [4.69, 9.17) is 0 Å². The van der Waals surface area contributed by atoms with Crippen molar-refractivity contribution in [1.29, 1.82) is 0 Å². The average molecular weight is 546 g/mol. The van der Waals surface area contributed by atoms with Crippen LogP contribution in [-0.2, 0) is 24.2 Å². The summed E-state index contributed by atoms with van der Waals surface area (Å²) in [6.45, 7) is 2.12. The molecule has 204 valence electrons. The third-order valence-corrected chi connectivity index (χ3v) is 7.18. The molecule has 13 heteroatoms. The summed E-state index contributed by atoms with van der Waals surface area (Å²) in [4.78, 5) is 25.4. The van der Waals surface area contributed by atoms with E-state index >= 15 is 0 Å². The third kappa shape index (κ3) is 4.54. The van der Waals surface area contributed by atoms with Crippen molar-refractivity contribution in [2.24, 2.45) is 0 Å². The summed E-state index contributed by atoms with van der Waals surface area (Å²) in [5.41, 5.74) is -0.774. The van der Waals surface area contributed by atoms with Gasteiger partial charge in [0.25, 0.3) is 5.56 Å². The molecule has 0 bridgehead atoms. The second kappa shape index (κ2) is 8.57. The molecular formula is C26H24F5N7O. The van der Waals surface area contributed by atoms with Crippen molar-refractivity contribution in [3.05, 3.63) is 69.5 Å². The van der Waals surface area contributed by atoms with Crippen LogP contribution in [0.4, 0.5) is 33.6 Å². The Morgan fingerprint density at radius 1 is 1.10 bits per heavy atom. The Balaban J connectivity index is 1.46. The molecule has 4 aromatic rings. The van der Waals surface area contributed by atoms with Gasteiger partial charge in [-0.25, -0.2) is 28.1 Å². The van der Waals surface area contributed by atoms with Crippen LogP contribution < -0.4 is 16.2 Å². The monoisotopic (exact) mass is 545 g/mol. The predicted octanol–water partition coefficient (Wildman–Crippen LogP) is 4.76. The highest BCUT2D eigenvalue weighted by molar-refractivity contribution is 5.77. The van der Waals surface area contributed by atoms with Gasteiger partial charge in [0.2, 0.25) is 5.95 Å². The number of aromatic nitrogens is 5. The molecule has 0 unspecified atom stereocenters. The number of hydrogen-bond donors (Lipinski definition) is 2. The van der Waals surface area contributed by atoms with E-state index in [2.05, 4.69) is 31.7 Å². The smallest absolute Gasteiger partial charge is 0.324 e. The maximum absolute atomic E-state index is 14.6. The Morgan fingerprint density at radius 3 is 2.56 bits per heavy atom. The topological polar surface area (TPSA) is 89.7 Å². The maximum Gasteiger partial charge on any atom is 0.408 e. The number of rotatable bonds is 5. The van der Waals surface area contributed by atoms with E-state index in [1.165, 1.54) is 5.56 Å². The van der Waals surface area contributed by atoms with Crippen LogP contribution in [0.25, 0.3) is 16.9 Å². The summed E-state index contributed by atoms with van der Waals surface area (Å²) >= 11 is 0. The molecule has 1 fully saturated rings. The van der Waals surface area contributed by atoms with Gasteiger partial charge < -0.3 is 10.6 Å².